The average Bonchev–Trinajstić information content (AvgIpc) is 3.14. The molecule has 1 aliphatic carbocycles. The highest BCUT2D eigenvalue weighted by Crippen LogP contribution is 2.24. The quantitative estimate of drug-likeness (QED) is 0.736. The van der Waals surface area contributed by atoms with Gasteiger partial charge in [-0.3, -0.25) is 4.79 Å². The van der Waals surface area contributed by atoms with E-state index in [4.69, 9.17) is 4.74 Å². The van der Waals surface area contributed by atoms with Crippen LogP contribution >= 0.6 is 0 Å². The Morgan fingerprint density at radius 3 is 2.63 bits per heavy atom. The average molecular weight is 388 g/mol. The summed E-state index contributed by atoms with van der Waals surface area (Å²) in [5, 5.41) is 2.70. The van der Waals surface area contributed by atoms with Gasteiger partial charge in [0.25, 0.3) is 5.91 Å². The second-order valence-electron chi connectivity index (χ2n) is 6.20. The minimum atomic E-state index is -3.67. The first-order valence-electron chi connectivity index (χ1n) is 8.51. The molecular formula is C19H20N2O5S. The van der Waals surface area contributed by atoms with E-state index in [1.165, 1.54) is 42.4 Å². The van der Waals surface area contributed by atoms with Crippen LogP contribution in [0.5, 0.6) is 0 Å². The van der Waals surface area contributed by atoms with E-state index in [9.17, 15) is 18.0 Å². The number of carbonyl (C=O) groups is 2. The third-order valence-corrected chi connectivity index (χ3v) is 5.78. The molecule has 0 aliphatic heterocycles. The van der Waals surface area contributed by atoms with Gasteiger partial charge in [-0.05, 0) is 67.8 Å². The summed E-state index contributed by atoms with van der Waals surface area (Å²) in [7, 11) is -2.39. The fraction of sp³-hybridized carbons (Fsp3) is 0.263. The van der Waals surface area contributed by atoms with Gasteiger partial charge in [0.1, 0.15) is 0 Å². The van der Waals surface area contributed by atoms with Crippen LogP contribution in [0.15, 0.2) is 47.4 Å². The Kier molecular flexibility index (Phi) is 5.57. The molecule has 0 fully saturated rings. The van der Waals surface area contributed by atoms with Gasteiger partial charge in [0.05, 0.1) is 10.5 Å². The topological polar surface area (TPSA) is 102 Å². The lowest BCUT2D eigenvalue weighted by molar-refractivity contribution is -0.119. The van der Waals surface area contributed by atoms with Crippen LogP contribution in [0.3, 0.4) is 0 Å². The van der Waals surface area contributed by atoms with E-state index in [-0.39, 0.29) is 10.5 Å². The Morgan fingerprint density at radius 1 is 1.07 bits per heavy atom. The lowest BCUT2D eigenvalue weighted by atomic mass is 10.1. The molecule has 27 heavy (non-hydrogen) atoms. The summed E-state index contributed by atoms with van der Waals surface area (Å²) in [6, 6.07) is 11.2. The fourth-order valence-corrected chi connectivity index (χ4v) is 3.74. The highest BCUT2D eigenvalue weighted by Gasteiger charge is 2.16. The van der Waals surface area contributed by atoms with E-state index in [1.54, 1.807) is 0 Å². The normalized spacial score (nSPS) is 13.1. The first-order chi connectivity index (χ1) is 12.9. The van der Waals surface area contributed by atoms with Crippen molar-refractivity contribution in [1.29, 1.82) is 0 Å². The molecular weight excluding hydrogens is 368 g/mol. The van der Waals surface area contributed by atoms with E-state index < -0.39 is 28.5 Å². The largest absolute Gasteiger partial charge is 0.452 e. The molecule has 0 radical (unpaired) electrons. The number of benzene rings is 2. The van der Waals surface area contributed by atoms with Gasteiger partial charge in [0, 0.05) is 5.69 Å². The summed E-state index contributed by atoms with van der Waals surface area (Å²) < 4.78 is 30.8. The molecule has 0 bridgehead atoms. The Morgan fingerprint density at radius 2 is 1.85 bits per heavy atom. The maximum Gasteiger partial charge on any atom is 0.338 e. The van der Waals surface area contributed by atoms with Crippen molar-refractivity contribution in [3.05, 3.63) is 59.2 Å². The van der Waals surface area contributed by atoms with E-state index in [2.05, 4.69) is 10.0 Å². The molecule has 1 aliphatic rings. The van der Waals surface area contributed by atoms with Gasteiger partial charge in [0.2, 0.25) is 10.0 Å². The van der Waals surface area contributed by atoms with Crippen LogP contribution < -0.4 is 10.0 Å². The van der Waals surface area contributed by atoms with Crippen LogP contribution in [0.25, 0.3) is 0 Å². The van der Waals surface area contributed by atoms with Crippen molar-refractivity contribution < 1.29 is 22.7 Å². The van der Waals surface area contributed by atoms with Gasteiger partial charge < -0.3 is 10.1 Å². The molecule has 2 N–H and O–H groups in total. The van der Waals surface area contributed by atoms with Gasteiger partial charge in [-0.15, -0.1) is 0 Å². The number of fused-ring (bicyclic) bond motifs is 1. The van der Waals surface area contributed by atoms with E-state index >= 15 is 0 Å². The molecule has 0 atom stereocenters. The fourth-order valence-electron chi connectivity index (χ4n) is 2.97. The molecule has 0 aromatic heterocycles. The zero-order valence-electron chi connectivity index (χ0n) is 14.8. The maximum atomic E-state index is 12.1. The standard InChI is InChI=1S/C19H20N2O5S/c1-20-27(24,25)17-7-3-6-15(11-17)19(23)26-12-18(22)21-16-9-8-13-4-2-5-14(13)10-16/h3,6-11,20H,2,4-5,12H2,1H3,(H,21,22). The summed E-state index contributed by atoms with van der Waals surface area (Å²) >= 11 is 0. The third kappa shape index (κ3) is 4.53. The Bertz CT molecular complexity index is 985. The van der Waals surface area contributed by atoms with E-state index in [0.29, 0.717) is 5.69 Å². The molecule has 0 saturated carbocycles. The Hall–Kier alpha value is -2.71. The second-order valence-corrected chi connectivity index (χ2v) is 8.08. The number of nitrogens with one attached hydrogen (secondary N) is 2. The van der Waals surface area contributed by atoms with Crippen molar-refractivity contribution in [3.8, 4) is 0 Å². The number of rotatable bonds is 6. The van der Waals surface area contributed by atoms with Crippen LogP contribution in [0.4, 0.5) is 5.69 Å². The predicted molar refractivity (Wildman–Crippen MR) is 100 cm³/mol. The monoisotopic (exact) mass is 388 g/mol. The zero-order valence-corrected chi connectivity index (χ0v) is 15.6. The van der Waals surface area contributed by atoms with E-state index in [1.807, 2.05) is 18.2 Å². The summed E-state index contributed by atoms with van der Waals surface area (Å²) in [6.07, 6.45) is 3.18. The number of esters is 1. The van der Waals surface area contributed by atoms with Crippen LogP contribution in [0.2, 0.25) is 0 Å². The van der Waals surface area contributed by atoms with Crippen molar-refractivity contribution in [1.82, 2.24) is 4.72 Å². The van der Waals surface area contributed by atoms with E-state index in [0.717, 1.165) is 19.3 Å². The predicted octanol–water partition coefficient (Wildman–Crippen LogP) is 1.88. The molecule has 0 spiro atoms. The van der Waals surface area contributed by atoms with Crippen LogP contribution in [0, 0.1) is 0 Å². The summed E-state index contributed by atoms with van der Waals surface area (Å²) in [5.41, 5.74) is 3.25. The molecule has 0 heterocycles. The summed E-state index contributed by atoms with van der Waals surface area (Å²) in [4.78, 5) is 24.1. The molecule has 2 aromatic rings. The molecule has 0 saturated heterocycles. The van der Waals surface area contributed by atoms with Crippen molar-refractivity contribution >= 4 is 27.6 Å². The highest BCUT2D eigenvalue weighted by atomic mass is 32.2. The number of hydrogen-bond donors (Lipinski definition) is 2. The molecule has 8 heteroatoms. The van der Waals surface area contributed by atoms with Gasteiger partial charge in [-0.2, -0.15) is 0 Å². The van der Waals surface area contributed by atoms with Gasteiger partial charge in [-0.1, -0.05) is 12.1 Å². The lowest BCUT2D eigenvalue weighted by Crippen LogP contribution is -2.22. The Labute approximate surface area is 157 Å². The lowest BCUT2D eigenvalue weighted by Gasteiger charge is -2.09. The van der Waals surface area contributed by atoms with Crippen molar-refractivity contribution in [2.75, 3.05) is 19.0 Å². The minimum Gasteiger partial charge on any atom is -0.452 e. The summed E-state index contributed by atoms with van der Waals surface area (Å²) in [5.74, 6) is -1.23. The number of carbonyl (C=O) groups excluding carboxylic acids is 2. The number of amides is 1. The van der Waals surface area contributed by atoms with Gasteiger partial charge >= 0.3 is 5.97 Å². The molecule has 7 nitrogen and oxygen atoms in total. The van der Waals surface area contributed by atoms with Crippen LogP contribution in [-0.2, 0) is 32.4 Å². The Balaban J connectivity index is 1.59. The second kappa shape index (κ2) is 7.89. The van der Waals surface area contributed by atoms with Crippen LogP contribution in [-0.4, -0.2) is 33.9 Å². The number of ether oxygens (including phenoxy) is 1. The molecule has 0 unspecified atom stereocenters. The first kappa shape index (κ1) is 19.1. The van der Waals surface area contributed by atoms with Crippen molar-refractivity contribution in [3.63, 3.8) is 0 Å². The molecule has 142 valence electrons. The molecule has 2 aromatic carbocycles. The minimum absolute atomic E-state index is 0.0525. The SMILES string of the molecule is CNS(=O)(=O)c1cccc(C(=O)OCC(=O)Nc2ccc3c(c2)CCC3)c1. The summed E-state index contributed by atoms with van der Waals surface area (Å²) in [6.45, 7) is -0.459. The van der Waals surface area contributed by atoms with Crippen LogP contribution in [0.1, 0.15) is 27.9 Å². The number of anilines is 1. The third-order valence-electron chi connectivity index (χ3n) is 4.37. The molecule has 3 rings (SSSR count). The molecule has 1 amide bonds. The van der Waals surface area contributed by atoms with Crippen molar-refractivity contribution in [2.24, 2.45) is 0 Å². The van der Waals surface area contributed by atoms with Crippen molar-refractivity contribution in [2.45, 2.75) is 24.2 Å². The van der Waals surface area contributed by atoms with Gasteiger partial charge in [-0.25, -0.2) is 17.9 Å². The number of aryl methyl sites for hydroxylation is 2. The number of hydrogen-bond acceptors (Lipinski definition) is 5. The van der Waals surface area contributed by atoms with Gasteiger partial charge in [0.15, 0.2) is 6.61 Å². The highest BCUT2D eigenvalue weighted by molar-refractivity contribution is 7.89. The maximum absolute atomic E-state index is 12.1. The number of sulfonamides is 1. The first-order valence-corrected chi connectivity index (χ1v) is 10.00. The zero-order chi connectivity index (χ0) is 19.4. The smallest absolute Gasteiger partial charge is 0.338 e.